The molecular weight excluding hydrogens is 240 g/mol. The first-order chi connectivity index (χ1) is 7.48. The summed E-state index contributed by atoms with van der Waals surface area (Å²) in [7, 11) is 0. The molecule has 0 spiro atoms. The minimum Gasteiger partial charge on any atom is -0.508 e. The Labute approximate surface area is 107 Å². The normalized spacial score (nSPS) is 20.9. The molecule has 2 N–H and O–H groups in total. The van der Waals surface area contributed by atoms with Crippen molar-refractivity contribution < 1.29 is 10.2 Å². The van der Waals surface area contributed by atoms with Crippen molar-refractivity contribution in [1.82, 2.24) is 0 Å². The van der Waals surface area contributed by atoms with Crippen molar-refractivity contribution in [2.75, 3.05) is 0 Å². The van der Waals surface area contributed by atoms with Gasteiger partial charge in [0.15, 0.2) is 0 Å². The highest BCUT2D eigenvalue weighted by Crippen LogP contribution is 2.45. The maximum Gasteiger partial charge on any atom is 0.122 e. The number of aromatic hydroxyl groups is 2. The fraction of sp³-hybridized carbons (Fsp3) is 0.500. The van der Waals surface area contributed by atoms with Gasteiger partial charge >= 0.3 is 0 Å². The molecular formula is C12H16O2S2. The molecule has 88 valence electrons. The maximum atomic E-state index is 9.78. The molecule has 2 nitrogen and oxygen atoms in total. The van der Waals surface area contributed by atoms with Crippen LogP contribution >= 0.6 is 25.3 Å². The second kappa shape index (κ2) is 4.41. The molecule has 0 bridgehead atoms. The van der Waals surface area contributed by atoms with Crippen LogP contribution in [0.15, 0.2) is 18.2 Å². The van der Waals surface area contributed by atoms with Crippen LogP contribution in [0.25, 0.3) is 0 Å². The summed E-state index contributed by atoms with van der Waals surface area (Å²) in [5.74, 6) is 0.652. The summed E-state index contributed by atoms with van der Waals surface area (Å²) in [6.45, 7) is 0. The Balaban J connectivity index is 2.14. The molecule has 1 fully saturated rings. The van der Waals surface area contributed by atoms with E-state index in [2.05, 4.69) is 25.3 Å². The average molecular weight is 256 g/mol. The van der Waals surface area contributed by atoms with Gasteiger partial charge in [0.05, 0.1) is 4.08 Å². The van der Waals surface area contributed by atoms with Gasteiger partial charge in [-0.25, -0.2) is 0 Å². The molecule has 0 atom stereocenters. The first kappa shape index (κ1) is 12.0. The molecule has 1 aromatic rings. The topological polar surface area (TPSA) is 40.5 Å². The third kappa shape index (κ3) is 2.61. The van der Waals surface area contributed by atoms with Crippen LogP contribution in [0.1, 0.15) is 37.2 Å². The molecule has 16 heavy (non-hydrogen) atoms. The number of hydrogen-bond acceptors (Lipinski definition) is 4. The molecule has 4 heteroatoms. The van der Waals surface area contributed by atoms with Crippen molar-refractivity contribution in [2.45, 2.75) is 35.7 Å². The summed E-state index contributed by atoms with van der Waals surface area (Å²) in [5, 5.41) is 19.0. The second-order valence-electron chi connectivity index (χ2n) is 4.50. The van der Waals surface area contributed by atoms with Crippen molar-refractivity contribution in [3.05, 3.63) is 23.8 Å². The minimum atomic E-state index is -0.164. The van der Waals surface area contributed by atoms with Gasteiger partial charge in [0.25, 0.3) is 0 Å². The average Bonchev–Trinajstić information content (AvgIpc) is 2.19. The monoisotopic (exact) mass is 256 g/mol. The summed E-state index contributed by atoms with van der Waals surface area (Å²) in [4.78, 5) is 0. The molecule has 0 amide bonds. The maximum absolute atomic E-state index is 9.78. The van der Waals surface area contributed by atoms with E-state index in [1.165, 1.54) is 6.07 Å². The van der Waals surface area contributed by atoms with Crippen LogP contribution in [0.2, 0.25) is 0 Å². The van der Waals surface area contributed by atoms with E-state index in [9.17, 15) is 10.2 Å². The zero-order valence-electron chi connectivity index (χ0n) is 8.93. The van der Waals surface area contributed by atoms with E-state index in [1.807, 2.05) is 0 Å². The molecule has 2 rings (SSSR count). The number of benzene rings is 1. The SMILES string of the molecule is Oc1ccc(C2CCC(S)(S)CC2)c(O)c1. The van der Waals surface area contributed by atoms with E-state index in [0.29, 0.717) is 5.92 Å². The Morgan fingerprint density at radius 1 is 1.12 bits per heavy atom. The zero-order chi connectivity index (χ0) is 11.8. The fourth-order valence-electron chi connectivity index (χ4n) is 2.27. The van der Waals surface area contributed by atoms with Gasteiger partial charge in [0.2, 0.25) is 0 Å². The van der Waals surface area contributed by atoms with E-state index >= 15 is 0 Å². The largest absolute Gasteiger partial charge is 0.508 e. The predicted octanol–water partition coefficient (Wildman–Crippen LogP) is 3.31. The van der Waals surface area contributed by atoms with Crippen LogP contribution in [0, 0.1) is 0 Å². The first-order valence-corrected chi connectivity index (χ1v) is 6.34. The van der Waals surface area contributed by atoms with Gasteiger partial charge in [0.1, 0.15) is 11.5 Å². The molecule has 1 aliphatic carbocycles. The second-order valence-corrected chi connectivity index (χ2v) is 6.56. The van der Waals surface area contributed by atoms with E-state index in [0.717, 1.165) is 31.2 Å². The molecule has 0 aliphatic heterocycles. The number of rotatable bonds is 1. The van der Waals surface area contributed by atoms with Gasteiger partial charge < -0.3 is 10.2 Å². The lowest BCUT2D eigenvalue weighted by Gasteiger charge is -2.33. The molecule has 1 aliphatic rings. The summed E-state index contributed by atoms with van der Waals surface area (Å²) in [6.07, 6.45) is 3.82. The third-order valence-corrected chi connectivity index (χ3v) is 4.13. The quantitative estimate of drug-likeness (QED) is 0.460. The molecule has 0 saturated heterocycles. The van der Waals surface area contributed by atoms with Gasteiger partial charge in [-0.1, -0.05) is 6.07 Å². The Kier molecular flexibility index (Phi) is 3.31. The molecule has 0 aromatic heterocycles. The van der Waals surface area contributed by atoms with Gasteiger partial charge in [-0.3, -0.25) is 0 Å². The van der Waals surface area contributed by atoms with Crippen molar-refractivity contribution >= 4 is 25.3 Å². The Morgan fingerprint density at radius 2 is 1.75 bits per heavy atom. The van der Waals surface area contributed by atoms with Gasteiger partial charge in [-0.05, 0) is 43.2 Å². The molecule has 0 heterocycles. The van der Waals surface area contributed by atoms with E-state index in [4.69, 9.17) is 0 Å². The van der Waals surface area contributed by atoms with Crippen molar-refractivity contribution in [3.63, 3.8) is 0 Å². The highest BCUT2D eigenvalue weighted by molar-refractivity contribution is 8.00. The van der Waals surface area contributed by atoms with Crippen LogP contribution < -0.4 is 0 Å². The highest BCUT2D eigenvalue weighted by Gasteiger charge is 2.30. The Bertz CT molecular complexity index is 381. The van der Waals surface area contributed by atoms with Crippen LogP contribution in [0.4, 0.5) is 0 Å². The lowest BCUT2D eigenvalue weighted by atomic mass is 9.83. The van der Waals surface area contributed by atoms with Crippen LogP contribution in [0.5, 0.6) is 11.5 Å². The molecule has 0 unspecified atom stereocenters. The van der Waals surface area contributed by atoms with Gasteiger partial charge in [-0.2, -0.15) is 25.3 Å². The first-order valence-electron chi connectivity index (χ1n) is 5.44. The number of phenols is 2. The summed E-state index contributed by atoms with van der Waals surface area (Å²) in [5.41, 5.74) is 0.926. The van der Waals surface area contributed by atoms with Gasteiger partial charge in [0, 0.05) is 6.07 Å². The molecule has 1 aromatic carbocycles. The van der Waals surface area contributed by atoms with Crippen molar-refractivity contribution in [2.24, 2.45) is 0 Å². The summed E-state index contributed by atoms with van der Waals surface area (Å²) >= 11 is 8.95. The minimum absolute atomic E-state index is 0.106. The molecule has 0 radical (unpaired) electrons. The zero-order valence-corrected chi connectivity index (χ0v) is 10.7. The highest BCUT2D eigenvalue weighted by atomic mass is 32.2. The number of thiol groups is 2. The van der Waals surface area contributed by atoms with E-state index in [-0.39, 0.29) is 15.6 Å². The van der Waals surface area contributed by atoms with E-state index < -0.39 is 0 Å². The number of hydrogen-bond donors (Lipinski definition) is 4. The Hall–Kier alpha value is -0.480. The van der Waals surface area contributed by atoms with Crippen LogP contribution in [0.3, 0.4) is 0 Å². The lowest BCUT2D eigenvalue weighted by molar-refractivity contribution is 0.405. The standard InChI is InChI=1S/C12H16O2S2/c13-9-1-2-10(11(14)7-9)8-3-5-12(15,16)6-4-8/h1-2,7-8,13-16H,3-6H2. The lowest BCUT2D eigenvalue weighted by Crippen LogP contribution is -2.21. The van der Waals surface area contributed by atoms with Crippen molar-refractivity contribution in [3.8, 4) is 11.5 Å². The predicted molar refractivity (Wildman–Crippen MR) is 71.7 cm³/mol. The smallest absolute Gasteiger partial charge is 0.122 e. The Morgan fingerprint density at radius 3 is 2.31 bits per heavy atom. The summed E-state index contributed by atoms with van der Waals surface area (Å²) in [6, 6.07) is 4.83. The number of phenolic OH excluding ortho intramolecular Hbond substituents is 2. The van der Waals surface area contributed by atoms with Crippen LogP contribution in [-0.2, 0) is 0 Å². The van der Waals surface area contributed by atoms with E-state index in [1.54, 1.807) is 12.1 Å². The fourth-order valence-corrected chi connectivity index (χ4v) is 2.78. The third-order valence-electron chi connectivity index (χ3n) is 3.24. The van der Waals surface area contributed by atoms with Gasteiger partial charge in [-0.15, -0.1) is 0 Å². The van der Waals surface area contributed by atoms with Crippen molar-refractivity contribution in [1.29, 1.82) is 0 Å². The molecule has 1 saturated carbocycles. The van der Waals surface area contributed by atoms with Crippen LogP contribution in [-0.4, -0.2) is 14.3 Å². The summed E-state index contributed by atoms with van der Waals surface area (Å²) < 4.78 is -0.164.